The molecule has 3 aromatic carbocycles. The fourth-order valence-electron chi connectivity index (χ4n) is 3.36. The van der Waals surface area contributed by atoms with Crippen LogP contribution in [0.4, 0.5) is 11.4 Å². The summed E-state index contributed by atoms with van der Waals surface area (Å²) in [5.74, 6) is 0. The van der Waals surface area contributed by atoms with Crippen molar-refractivity contribution in [1.29, 1.82) is 0 Å². The van der Waals surface area contributed by atoms with Crippen LogP contribution in [0.2, 0.25) is 0 Å². The third-order valence-electron chi connectivity index (χ3n) is 4.71. The van der Waals surface area contributed by atoms with Gasteiger partial charge in [-0.15, -0.1) is 0 Å². The Hall–Kier alpha value is -3.04. The number of para-hydroxylation sites is 1. The van der Waals surface area contributed by atoms with Crippen LogP contribution >= 0.6 is 11.8 Å². The molecule has 3 heteroatoms. The van der Waals surface area contributed by atoms with Gasteiger partial charge in [0.25, 0.3) is 0 Å². The van der Waals surface area contributed by atoms with E-state index in [9.17, 15) is 0 Å². The van der Waals surface area contributed by atoms with Gasteiger partial charge in [0.1, 0.15) is 0 Å². The van der Waals surface area contributed by atoms with E-state index in [1.807, 2.05) is 18.5 Å². The van der Waals surface area contributed by atoms with Crippen LogP contribution in [0.3, 0.4) is 0 Å². The molecule has 0 aliphatic carbocycles. The summed E-state index contributed by atoms with van der Waals surface area (Å²) < 4.78 is 0. The van der Waals surface area contributed by atoms with Crippen molar-refractivity contribution in [3.63, 3.8) is 0 Å². The Morgan fingerprint density at radius 1 is 0.885 bits per heavy atom. The molecule has 4 aromatic rings. The van der Waals surface area contributed by atoms with Crippen LogP contribution < -0.4 is 5.32 Å². The molecule has 0 spiro atoms. The van der Waals surface area contributed by atoms with E-state index < -0.39 is 0 Å². The van der Waals surface area contributed by atoms with Crippen molar-refractivity contribution >= 4 is 39.5 Å². The van der Waals surface area contributed by atoms with Crippen molar-refractivity contribution in [3.8, 4) is 0 Å². The number of fused-ring (bicyclic) bond motifs is 3. The zero-order chi connectivity index (χ0) is 17.5. The van der Waals surface area contributed by atoms with Gasteiger partial charge in [-0.25, -0.2) is 0 Å². The SMILES string of the molecule is C=C(c1ccc2c(c1)Nc1ccccc1S2)c1cccc2ccncc12. The first-order valence-corrected chi connectivity index (χ1v) is 9.31. The van der Waals surface area contributed by atoms with E-state index >= 15 is 0 Å². The van der Waals surface area contributed by atoms with E-state index in [0.29, 0.717) is 0 Å². The molecule has 0 amide bonds. The minimum atomic E-state index is 1.01. The molecule has 0 bridgehead atoms. The highest BCUT2D eigenvalue weighted by Crippen LogP contribution is 2.45. The van der Waals surface area contributed by atoms with Gasteiger partial charge in [0.15, 0.2) is 0 Å². The second-order valence-corrected chi connectivity index (χ2v) is 7.40. The summed E-state index contributed by atoms with van der Waals surface area (Å²) in [6.45, 7) is 4.38. The van der Waals surface area contributed by atoms with E-state index in [4.69, 9.17) is 0 Å². The second kappa shape index (κ2) is 6.04. The summed E-state index contributed by atoms with van der Waals surface area (Å²) in [4.78, 5) is 6.78. The topological polar surface area (TPSA) is 24.9 Å². The molecule has 0 fully saturated rings. The lowest BCUT2D eigenvalue weighted by atomic mass is 9.95. The molecular weight excluding hydrogens is 336 g/mol. The van der Waals surface area contributed by atoms with Crippen LogP contribution in [0.1, 0.15) is 11.1 Å². The first-order chi connectivity index (χ1) is 12.8. The maximum atomic E-state index is 4.38. The number of rotatable bonds is 2. The Morgan fingerprint density at radius 2 is 1.77 bits per heavy atom. The van der Waals surface area contributed by atoms with Crippen LogP contribution in [0.5, 0.6) is 0 Å². The fourth-order valence-corrected chi connectivity index (χ4v) is 4.33. The number of nitrogens with zero attached hydrogens (tertiary/aromatic N) is 1. The average Bonchev–Trinajstić information content (AvgIpc) is 2.71. The summed E-state index contributed by atoms with van der Waals surface area (Å²) >= 11 is 1.80. The highest BCUT2D eigenvalue weighted by atomic mass is 32.2. The maximum absolute atomic E-state index is 4.38. The van der Waals surface area contributed by atoms with Gasteiger partial charge in [-0.05, 0) is 52.4 Å². The molecule has 0 saturated heterocycles. The summed E-state index contributed by atoms with van der Waals surface area (Å²) in [5.41, 5.74) is 5.54. The molecule has 26 heavy (non-hydrogen) atoms. The lowest BCUT2D eigenvalue weighted by molar-refractivity contribution is 1.31. The van der Waals surface area contributed by atoms with Crippen molar-refractivity contribution in [2.45, 2.75) is 9.79 Å². The van der Waals surface area contributed by atoms with E-state index in [2.05, 4.69) is 77.5 Å². The van der Waals surface area contributed by atoms with Gasteiger partial charge in [0.2, 0.25) is 0 Å². The van der Waals surface area contributed by atoms with Gasteiger partial charge in [0.05, 0.1) is 11.4 Å². The molecule has 0 radical (unpaired) electrons. The third kappa shape index (κ3) is 2.49. The van der Waals surface area contributed by atoms with Gasteiger partial charge >= 0.3 is 0 Å². The normalized spacial score (nSPS) is 12.2. The predicted molar refractivity (Wildman–Crippen MR) is 110 cm³/mol. The predicted octanol–water partition coefficient (Wildman–Crippen LogP) is 6.50. The highest BCUT2D eigenvalue weighted by molar-refractivity contribution is 7.99. The highest BCUT2D eigenvalue weighted by Gasteiger charge is 2.16. The van der Waals surface area contributed by atoms with Crippen molar-refractivity contribution < 1.29 is 0 Å². The first-order valence-electron chi connectivity index (χ1n) is 8.50. The fraction of sp³-hybridized carbons (Fsp3) is 0. The summed E-state index contributed by atoms with van der Waals surface area (Å²) in [6, 6.07) is 23.2. The molecular formula is C23H16N2S. The lowest BCUT2D eigenvalue weighted by Crippen LogP contribution is -2.00. The number of aromatic nitrogens is 1. The van der Waals surface area contributed by atoms with Crippen LogP contribution in [0.25, 0.3) is 16.3 Å². The maximum Gasteiger partial charge on any atom is 0.0532 e. The van der Waals surface area contributed by atoms with Gasteiger partial charge in [-0.2, -0.15) is 0 Å². The molecule has 0 atom stereocenters. The number of pyridine rings is 1. The Labute approximate surface area is 156 Å². The second-order valence-electron chi connectivity index (χ2n) is 6.32. The zero-order valence-corrected chi connectivity index (χ0v) is 14.9. The molecule has 1 aliphatic rings. The standard InChI is InChI=1S/C23H16N2S/c1-15(18-6-4-5-16-11-12-24-14-19(16)18)17-9-10-23-21(13-17)25-20-7-2-3-8-22(20)26-23/h2-14,25H,1H2. The number of benzene rings is 3. The molecule has 1 aromatic heterocycles. The van der Waals surface area contributed by atoms with Gasteiger partial charge in [-0.1, -0.05) is 54.7 Å². The molecule has 0 unspecified atom stereocenters. The van der Waals surface area contributed by atoms with Crippen LogP contribution in [0, 0.1) is 0 Å². The molecule has 0 saturated carbocycles. The molecule has 1 aliphatic heterocycles. The minimum absolute atomic E-state index is 1.01. The van der Waals surface area contributed by atoms with E-state index in [1.54, 1.807) is 11.8 Å². The monoisotopic (exact) mass is 352 g/mol. The third-order valence-corrected chi connectivity index (χ3v) is 5.86. The van der Waals surface area contributed by atoms with E-state index in [0.717, 1.165) is 33.5 Å². The molecule has 1 N–H and O–H groups in total. The summed E-state index contributed by atoms with van der Waals surface area (Å²) in [7, 11) is 0. The summed E-state index contributed by atoms with van der Waals surface area (Å²) in [6.07, 6.45) is 3.74. The number of hydrogen-bond donors (Lipinski definition) is 1. The first kappa shape index (κ1) is 15.2. The number of anilines is 2. The molecule has 5 rings (SSSR count). The Morgan fingerprint density at radius 3 is 2.73 bits per heavy atom. The zero-order valence-electron chi connectivity index (χ0n) is 14.1. The molecule has 2 nitrogen and oxygen atoms in total. The Balaban J connectivity index is 1.56. The van der Waals surface area contributed by atoms with Crippen molar-refractivity contribution in [2.75, 3.05) is 5.32 Å². The Kier molecular flexibility index (Phi) is 3.54. The quantitative estimate of drug-likeness (QED) is 0.392. The van der Waals surface area contributed by atoms with Crippen LogP contribution in [-0.2, 0) is 0 Å². The largest absolute Gasteiger partial charge is 0.354 e. The smallest absolute Gasteiger partial charge is 0.0532 e. The van der Waals surface area contributed by atoms with Crippen molar-refractivity contribution in [3.05, 3.63) is 96.8 Å². The minimum Gasteiger partial charge on any atom is -0.354 e. The van der Waals surface area contributed by atoms with Crippen molar-refractivity contribution in [2.24, 2.45) is 0 Å². The van der Waals surface area contributed by atoms with Gasteiger partial charge in [0, 0.05) is 27.6 Å². The van der Waals surface area contributed by atoms with Crippen molar-refractivity contribution in [1.82, 2.24) is 4.98 Å². The van der Waals surface area contributed by atoms with Gasteiger partial charge < -0.3 is 5.32 Å². The number of hydrogen-bond acceptors (Lipinski definition) is 3. The van der Waals surface area contributed by atoms with Crippen LogP contribution in [0.15, 0.2) is 95.5 Å². The number of nitrogens with one attached hydrogen (secondary N) is 1. The average molecular weight is 352 g/mol. The molecule has 124 valence electrons. The molecule has 2 heterocycles. The van der Waals surface area contributed by atoms with E-state index in [1.165, 1.54) is 15.2 Å². The van der Waals surface area contributed by atoms with Crippen LogP contribution in [-0.4, -0.2) is 4.98 Å². The van der Waals surface area contributed by atoms with Gasteiger partial charge in [-0.3, -0.25) is 4.98 Å². The Bertz CT molecular complexity index is 1160. The summed E-state index contributed by atoms with van der Waals surface area (Å²) in [5, 5.41) is 5.86. The lowest BCUT2D eigenvalue weighted by Gasteiger charge is -2.21. The van der Waals surface area contributed by atoms with E-state index in [-0.39, 0.29) is 0 Å².